The van der Waals surface area contributed by atoms with Crippen LogP contribution in [0.4, 0.5) is 0 Å². The first kappa shape index (κ1) is 19.6. The molecule has 1 N–H and O–H groups in total. The Morgan fingerprint density at radius 2 is 1.84 bits per heavy atom. The first-order valence-corrected chi connectivity index (χ1v) is 9.98. The third-order valence-corrected chi connectivity index (χ3v) is 6.45. The highest BCUT2D eigenvalue weighted by Crippen LogP contribution is 2.23. The average Bonchev–Trinajstić information content (AvgIpc) is 2.58. The van der Waals surface area contributed by atoms with Gasteiger partial charge >= 0.3 is 0 Å². The van der Waals surface area contributed by atoms with Gasteiger partial charge in [0.15, 0.2) is 0 Å². The molecule has 7 heteroatoms. The van der Waals surface area contributed by atoms with Crippen molar-refractivity contribution < 1.29 is 13.2 Å². The molecule has 0 aliphatic rings. The molecule has 134 valence electrons. The van der Waals surface area contributed by atoms with Gasteiger partial charge in [0.1, 0.15) is 0 Å². The maximum atomic E-state index is 12.8. The third kappa shape index (κ3) is 4.29. The lowest BCUT2D eigenvalue weighted by molar-refractivity contribution is 0.0784. The van der Waals surface area contributed by atoms with E-state index >= 15 is 0 Å². The molecule has 0 saturated heterocycles. The predicted molar refractivity (Wildman–Crippen MR) is 102 cm³/mol. The van der Waals surface area contributed by atoms with Crippen LogP contribution in [0.15, 0.2) is 45.8 Å². The number of carbonyl (C=O) groups is 1. The number of hydrogen-bond acceptors (Lipinski definition) is 3. The number of sulfonamides is 1. The van der Waals surface area contributed by atoms with E-state index in [2.05, 4.69) is 20.7 Å². The number of aryl methyl sites for hydroxylation is 1. The van der Waals surface area contributed by atoms with Crippen LogP contribution in [0, 0.1) is 13.8 Å². The molecule has 0 saturated carbocycles. The Labute approximate surface area is 157 Å². The van der Waals surface area contributed by atoms with Gasteiger partial charge in [0.25, 0.3) is 5.91 Å². The van der Waals surface area contributed by atoms with Crippen LogP contribution in [-0.4, -0.2) is 33.3 Å². The van der Waals surface area contributed by atoms with Gasteiger partial charge in [-0.2, -0.15) is 0 Å². The molecule has 0 heterocycles. The SMILES string of the molecule is CNS(=O)(=O)c1cc(C(=O)N(C)Cc2ccccc2Br)cc(C)c1C. The van der Waals surface area contributed by atoms with Crippen LogP contribution < -0.4 is 4.72 Å². The van der Waals surface area contributed by atoms with Crippen molar-refractivity contribution >= 4 is 31.9 Å². The molecule has 0 bridgehead atoms. The smallest absolute Gasteiger partial charge is 0.253 e. The van der Waals surface area contributed by atoms with Crippen molar-refractivity contribution in [3.63, 3.8) is 0 Å². The summed E-state index contributed by atoms with van der Waals surface area (Å²) >= 11 is 3.47. The Morgan fingerprint density at radius 1 is 1.20 bits per heavy atom. The number of amides is 1. The highest BCUT2D eigenvalue weighted by molar-refractivity contribution is 9.10. The van der Waals surface area contributed by atoms with Gasteiger partial charge in [-0.15, -0.1) is 0 Å². The van der Waals surface area contributed by atoms with Crippen LogP contribution in [-0.2, 0) is 16.6 Å². The second-order valence-corrected chi connectivity index (χ2v) is 8.59. The second-order valence-electron chi connectivity index (χ2n) is 5.88. The zero-order valence-corrected chi connectivity index (χ0v) is 17.0. The van der Waals surface area contributed by atoms with Crippen molar-refractivity contribution in [2.45, 2.75) is 25.3 Å². The van der Waals surface area contributed by atoms with Crippen LogP contribution in [0.25, 0.3) is 0 Å². The zero-order valence-electron chi connectivity index (χ0n) is 14.6. The molecule has 0 aliphatic heterocycles. The Balaban J connectivity index is 2.38. The van der Waals surface area contributed by atoms with Gasteiger partial charge in [-0.25, -0.2) is 13.1 Å². The number of nitrogens with one attached hydrogen (secondary N) is 1. The third-order valence-electron chi connectivity index (χ3n) is 4.14. The lowest BCUT2D eigenvalue weighted by Gasteiger charge is -2.20. The summed E-state index contributed by atoms with van der Waals surface area (Å²) in [6, 6.07) is 10.8. The van der Waals surface area contributed by atoms with Crippen LogP contribution >= 0.6 is 15.9 Å². The van der Waals surface area contributed by atoms with Crippen LogP contribution in [0.2, 0.25) is 0 Å². The van der Waals surface area contributed by atoms with Crippen molar-refractivity contribution in [3.05, 3.63) is 63.1 Å². The number of halogens is 1. The topological polar surface area (TPSA) is 66.5 Å². The first-order chi connectivity index (χ1) is 11.7. The number of hydrogen-bond donors (Lipinski definition) is 1. The summed E-state index contributed by atoms with van der Waals surface area (Å²) in [5.74, 6) is -0.230. The number of benzene rings is 2. The molecule has 0 atom stereocenters. The fraction of sp³-hybridized carbons (Fsp3) is 0.278. The predicted octanol–water partition coefficient (Wildman–Crippen LogP) is 3.25. The highest BCUT2D eigenvalue weighted by atomic mass is 79.9. The molecular weight excluding hydrogens is 404 g/mol. The van der Waals surface area contributed by atoms with Gasteiger partial charge in [0.2, 0.25) is 10.0 Å². The maximum Gasteiger partial charge on any atom is 0.253 e. The van der Waals surface area contributed by atoms with Gasteiger partial charge in [0, 0.05) is 23.6 Å². The van der Waals surface area contributed by atoms with E-state index in [1.165, 1.54) is 13.1 Å². The van der Waals surface area contributed by atoms with E-state index in [0.717, 1.165) is 15.6 Å². The standard InChI is InChI=1S/C18H21BrN2O3S/c1-12-9-15(10-17(13(12)2)25(23,24)20-3)18(22)21(4)11-14-7-5-6-8-16(14)19/h5-10,20H,11H2,1-4H3. The molecule has 0 radical (unpaired) electrons. The summed E-state index contributed by atoms with van der Waals surface area (Å²) in [7, 11) is -0.571. The van der Waals surface area contributed by atoms with Gasteiger partial charge in [-0.3, -0.25) is 4.79 Å². The Hall–Kier alpha value is -1.70. The highest BCUT2D eigenvalue weighted by Gasteiger charge is 2.21. The Kier molecular flexibility index (Phi) is 6.03. The molecule has 0 unspecified atom stereocenters. The summed E-state index contributed by atoms with van der Waals surface area (Å²) in [6.45, 7) is 3.95. The fourth-order valence-electron chi connectivity index (χ4n) is 2.51. The van der Waals surface area contributed by atoms with E-state index in [4.69, 9.17) is 0 Å². The molecule has 0 spiro atoms. The minimum atomic E-state index is -3.63. The minimum Gasteiger partial charge on any atom is -0.337 e. The quantitative estimate of drug-likeness (QED) is 0.800. The van der Waals surface area contributed by atoms with E-state index in [1.807, 2.05) is 24.3 Å². The van der Waals surface area contributed by atoms with Crippen LogP contribution in [0.3, 0.4) is 0 Å². The average molecular weight is 425 g/mol. The molecule has 25 heavy (non-hydrogen) atoms. The van der Waals surface area contributed by atoms with Crippen molar-refractivity contribution in [1.29, 1.82) is 0 Å². The number of carbonyl (C=O) groups excluding carboxylic acids is 1. The van der Waals surface area contributed by atoms with Crippen LogP contribution in [0.1, 0.15) is 27.0 Å². The molecule has 0 fully saturated rings. The molecule has 2 aromatic carbocycles. The first-order valence-electron chi connectivity index (χ1n) is 7.71. The van der Waals surface area contributed by atoms with Gasteiger partial charge in [0.05, 0.1) is 4.90 Å². The van der Waals surface area contributed by atoms with Gasteiger partial charge in [-0.05, 0) is 55.8 Å². The van der Waals surface area contributed by atoms with E-state index < -0.39 is 10.0 Å². The fourth-order valence-corrected chi connectivity index (χ4v) is 3.99. The molecular formula is C18H21BrN2O3S. The van der Waals surface area contributed by atoms with Crippen molar-refractivity contribution in [2.75, 3.05) is 14.1 Å². The second kappa shape index (κ2) is 7.68. The molecule has 2 aromatic rings. The van der Waals surface area contributed by atoms with E-state index in [1.54, 1.807) is 31.9 Å². The summed E-state index contributed by atoms with van der Waals surface area (Å²) in [5.41, 5.74) is 2.73. The molecule has 0 aliphatic carbocycles. The lowest BCUT2D eigenvalue weighted by Crippen LogP contribution is -2.27. The van der Waals surface area contributed by atoms with E-state index in [-0.39, 0.29) is 10.8 Å². The van der Waals surface area contributed by atoms with Crippen molar-refractivity contribution in [1.82, 2.24) is 9.62 Å². The Bertz CT molecular complexity index is 911. The summed E-state index contributed by atoms with van der Waals surface area (Å²) in [4.78, 5) is 14.5. The molecule has 1 amide bonds. The Morgan fingerprint density at radius 3 is 2.44 bits per heavy atom. The summed E-state index contributed by atoms with van der Waals surface area (Å²) < 4.78 is 27.7. The summed E-state index contributed by atoms with van der Waals surface area (Å²) in [5, 5.41) is 0. The van der Waals surface area contributed by atoms with Crippen LogP contribution in [0.5, 0.6) is 0 Å². The minimum absolute atomic E-state index is 0.132. The van der Waals surface area contributed by atoms with Crippen molar-refractivity contribution in [3.8, 4) is 0 Å². The van der Waals surface area contributed by atoms with Gasteiger partial charge < -0.3 is 4.90 Å². The maximum absolute atomic E-state index is 12.8. The lowest BCUT2D eigenvalue weighted by atomic mass is 10.1. The van der Waals surface area contributed by atoms with E-state index in [0.29, 0.717) is 17.7 Å². The van der Waals surface area contributed by atoms with Crippen molar-refractivity contribution in [2.24, 2.45) is 0 Å². The molecule has 5 nitrogen and oxygen atoms in total. The largest absolute Gasteiger partial charge is 0.337 e. The number of nitrogens with zero attached hydrogens (tertiary/aromatic N) is 1. The zero-order chi connectivity index (χ0) is 18.8. The van der Waals surface area contributed by atoms with Gasteiger partial charge in [-0.1, -0.05) is 34.1 Å². The summed E-state index contributed by atoms with van der Waals surface area (Å²) in [6.07, 6.45) is 0. The molecule has 2 rings (SSSR count). The number of rotatable bonds is 5. The van der Waals surface area contributed by atoms with E-state index in [9.17, 15) is 13.2 Å². The normalized spacial score (nSPS) is 11.4. The monoisotopic (exact) mass is 424 g/mol. The molecule has 0 aromatic heterocycles.